The fraction of sp³-hybridized carbons (Fsp3) is 0.625. The van der Waals surface area contributed by atoms with Crippen LogP contribution in [0.4, 0.5) is 0 Å². The maximum atomic E-state index is 12.3. The number of nitrogens with zero attached hydrogens (tertiary/aromatic N) is 2. The Hall–Kier alpha value is -1.62. The number of amides is 1. The van der Waals surface area contributed by atoms with Gasteiger partial charge in [-0.05, 0) is 25.3 Å². The van der Waals surface area contributed by atoms with Crippen LogP contribution in [0.3, 0.4) is 0 Å². The normalized spacial score (nSPS) is 21.8. The quantitative estimate of drug-likeness (QED) is 0.884. The Bertz CT molecular complexity index is 553. The molecule has 0 aliphatic carbocycles. The molecule has 2 rings (SSSR count). The van der Waals surface area contributed by atoms with E-state index in [1.165, 1.54) is 6.07 Å². The number of carbonyl (C=O) groups is 1. The first-order chi connectivity index (χ1) is 10.0. The topological polar surface area (TPSA) is 68.3 Å². The van der Waals surface area contributed by atoms with Crippen molar-refractivity contribution in [2.45, 2.75) is 45.7 Å². The summed E-state index contributed by atoms with van der Waals surface area (Å²) < 4.78 is 1.65. The maximum absolute atomic E-state index is 12.3. The first kappa shape index (κ1) is 15.8. The zero-order valence-electron chi connectivity index (χ0n) is 12.9. The van der Waals surface area contributed by atoms with Gasteiger partial charge in [0.2, 0.25) is 5.91 Å². The number of hydrogen-bond acceptors (Lipinski definition) is 3. The van der Waals surface area contributed by atoms with E-state index in [1.807, 2.05) is 17.9 Å². The first-order valence-electron chi connectivity index (χ1n) is 7.72. The fourth-order valence-corrected chi connectivity index (χ4v) is 3.05. The van der Waals surface area contributed by atoms with Crippen molar-refractivity contribution in [1.29, 1.82) is 0 Å². The summed E-state index contributed by atoms with van der Waals surface area (Å²) in [7, 11) is 0. The Morgan fingerprint density at radius 2 is 2.14 bits per heavy atom. The zero-order valence-corrected chi connectivity index (χ0v) is 12.9. The Labute approximate surface area is 125 Å². The number of carbonyl (C=O) groups excluding carboxylic acids is 1. The molecule has 0 saturated carbocycles. The minimum Gasteiger partial charge on any atom is -0.341 e. The van der Waals surface area contributed by atoms with E-state index in [-0.39, 0.29) is 17.5 Å². The average molecular weight is 291 g/mol. The number of pyridine rings is 1. The zero-order chi connectivity index (χ0) is 15.4. The van der Waals surface area contributed by atoms with Gasteiger partial charge < -0.3 is 15.2 Å². The molecule has 5 nitrogen and oxygen atoms in total. The van der Waals surface area contributed by atoms with E-state index >= 15 is 0 Å². The van der Waals surface area contributed by atoms with E-state index in [0.717, 1.165) is 25.1 Å². The van der Waals surface area contributed by atoms with Crippen molar-refractivity contribution in [2.24, 2.45) is 11.7 Å². The molecule has 2 atom stereocenters. The van der Waals surface area contributed by atoms with Gasteiger partial charge in [-0.1, -0.05) is 19.4 Å². The van der Waals surface area contributed by atoms with Gasteiger partial charge in [0.05, 0.1) is 0 Å². The Morgan fingerprint density at radius 3 is 2.81 bits per heavy atom. The predicted octanol–water partition coefficient (Wildman–Crippen LogP) is 1.13. The Balaban J connectivity index is 1.93. The van der Waals surface area contributed by atoms with Crippen molar-refractivity contribution in [3.05, 3.63) is 34.2 Å². The third-order valence-corrected chi connectivity index (χ3v) is 4.32. The van der Waals surface area contributed by atoms with Gasteiger partial charge in [0, 0.05) is 43.9 Å². The number of nitrogens with two attached hydrogens (primary N) is 1. The summed E-state index contributed by atoms with van der Waals surface area (Å²) >= 11 is 0. The van der Waals surface area contributed by atoms with E-state index < -0.39 is 0 Å². The second-order valence-electron chi connectivity index (χ2n) is 5.92. The number of aromatic nitrogens is 1. The summed E-state index contributed by atoms with van der Waals surface area (Å²) in [5.41, 5.74) is 6.93. The smallest absolute Gasteiger partial charge is 0.250 e. The molecule has 1 aromatic rings. The number of rotatable bonds is 5. The van der Waals surface area contributed by atoms with Gasteiger partial charge in [0.25, 0.3) is 5.56 Å². The highest BCUT2D eigenvalue weighted by molar-refractivity contribution is 5.76. The summed E-state index contributed by atoms with van der Waals surface area (Å²) in [4.78, 5) is 25.9. The molecule has 2 N–H and O–H groups in total. The predicted molar refractivity (Wildman–Crippen MR) is 83.0 cm³/mol. The molecule has 0 aromatic carbocycles. The van der Waals surface area contributed by atoms with Gasteiger partial charge >= 0.3 is 0 Å². The molecule has 1 amide bonds. The number of hydrogen-bond donors (Lipinski definition) is 1. The van der Waals surface area contributed by atoms with Crippen molar-refractivity contribution in [2.75, 3.05) is 13.1 Å². The summed E-state index contributed by atoms with van der Waals surface area (Å²) in [6.45, 7) is 5.87. The molecule has 0 radical (unpaired) electrons. The standard InChI is InChI=1S/C16H25N3O2/c1-3-5-13-10-18(11-14(13)17)15(20)8-9-19-12(2)6-4-7-16(19)21/h4,6-7,13-14H,3,5,8-11,17H2,1-2H3/t13-,14-/m1/s1. The van der Waals surface area contributed by atoms with Gasteiger partial charge in [-0.15, -0.1) is 0 Å². The molecular formula is C16H25N3O2. The van der Waals surface area contributed by atoms with Crippen LogP contribution in [-0.4, -0.2) is 34.5 Å². The lowest BCUT2D eigenvalue weighted by Gasteiger charge is -2.17. The molecule has 2 heterocycles. The van der Waals surface area contributed by atoms with E-state index in [0.29, 0.717) is 25.4 Å². The maximum Gasteiger partial charge on any atom is 0.250 e. The molecule has 1 fully saturated rings. The van der Waals surface area contributed by atoms with E-state index in [9.17, 15) is 9.59 Å². The largest absolute Gasteiger partial charge is 0.341 e. The molecule has 1 saturated heterocycles. The van der Waals surface area contributed by atoms with Crippen LogP contribution in [0.15, 0.2) is 23.0 Å². The van der Waals surface area contributed by atoms with Crippen molar-refractivity contribution >= 4 is 5.91 Å². The van der Waals surface area contributed by atoms with Gasteiger partial charge in [-0.3, -0.25) is 9.59 Å². The van der Waals surface area contributed by atoms with Gasteiger partial charge in [0.15, 0.2) is 0 Å². The van der Waals surface area contributed by atoms with Crippen LogP contribution in [0.1, 0.15) is 31.9 Å². The number of aryl methyl sites for hydroxylation is 1. The van der Waals surface area contributed by atoms with Crippen LogP contribution in [-0.2, 0) is 11.3 Å². The van der Waals surface area contributed by atoms with E-state index in [2.05, 4.69) is 6.92 Å². The highest BCUT2D eigenvalue weighted by Crippen LogP contribution is 2.20. The van der Waals surface area contributed by atoms with Crippen molar-refractivity contribution in [1.82, 2.24) is 9.47 Å². The van der Waals surface area contributed by atoms with E-state index in [1.54, 1.807) is 10.6 Å². The molecule has 1 aliphatic rings. The molecular weight excluding hydrogens is 266 g/mol. The lowest BCUT2D eigenvalue weighted by Crippen LogP contribution is -2.33. The van der Waals surface area contributed by atoms with Crippen molar-refractivity contribution in [3.63, 3.8) is 0 Å². The molecule has 0 unspecified atom stereocenters. The number of likely N-dealkylation sites (tertiary alicyclic amines) is 1. The van der Waals surface area contributed by atoms with Crippen molar-refractivity contribution in [3.8, 4) is 0 Å². The summed E-state index contributed by atoms with van der Waals surface area (Å²) in [5, 5.41) is 0. The van der Waals surface area contributed by atoms with Crippen molar-refractivity contribution < 1.29 is 4.79 Å². The third-order valence-electron chi connectivity index (χ3n) is 4.32. The second-order valence-corrected chi connectivity index (χ2v) is 5.92. The SMILES string of the molecule is CCC[C@@H]1CN(C(=O)CCn2c(C)cccc2=O)C[C@H]1N. The minimum atomic E-state index is -0.0511. The molecule has 1 aliphatic heterocycles. The molecule has 0 spiro atoms. The van der Waals surface area contributed by atoms with Crippen LogP contribution in [0.5, 0.6) is 0 Å². The minimum absolute atomic E-state index is 0.0511. The van der Waals surface area contributed by atoms with Crippen LogP contribution in [0, 0.1) is 12.8 Å². The molecule has 116 valence electrons. The summed E-state index contributed by atoms with van der Waals surface area (Å²) in [5.74, 6) is 0.513. The van der Waals surface area contributed by atoms with Gasteiger partial charge in [-0.25, -0.2) is 0 Å². The van der Waals surface area contributed by atoms with Crippen LogP contribution in [0.25, 0.3) is 0 Å². The third kappa shape index (κ3) is 3.73. The lowest BCUT2D eigenvalue weighted by molar-refractivity contribution is -0.130. The Morgan fingerprint density at radius 1 is 1.38 bits per heavy atom. The second kappa shape index (κ2) is 6.89. The van der Waals surface area contributed by atoms with Crippen LogP contribution < -0.4 is 11.3 Å². The highest BCUT2D eigenvalue weighted by Gasteiger charge is 2.31. The molecule has 1 aromatic heterocycles. The highest BCUT2D eigenvalue weighted by atomic mass is 16.2. The van der Waals surface area contributed by atoms with Crippen LogP contribution >= 0.6 is 0 Å². The van der Waals surface area contributed by atoms with Crippen LogP contribution in [0.2, 0.25) is 0 Å². The molecule has 21 heavy (non-hydrogen) atoms. The molecule has 0 bridgehead atoms. The van der Waals surface area contributed by atoms with Gasteiger partial charge in [-0.2, -0.15) is 0 Å². The molecule has 5 heteroatoms. The lowest BCUT2D eigenvalue weighted by atomic mass is 9.99. The monoisotopic (exact) mass is 291 g/mol. The summed E-state index contributed by atoms with van der Waals surface area (Å²) in [6, 6.07) is 5.25. The van der Waals surface area contributed by atoms with E-state index in [4.69, 9.17) is 5.73 Å². The van der Waals surface area contributed by atoms with Gasteiger partial charge in [0.1, 0.15) is 0 Å². The Kier molecular flexibility index (Phi) is 5.17. The first-order valence-corrected chi connectivity index (χ1v) is 7.72. The fourth-order valence-electron chi connectivity index (χ4n) is 3.05. The summed E-state index contributed by atoms with van der Waals surface area (Å²) in [6.07, 6.45) is 2.53. The average Bonchev–Trinajstić information content (AvgIpc) is 2.80.